The van der Waals surface area contributed by atoms with Gasteiger partial charge < -0.3 is 20.3 Å². The van der Waals surface area contributed by atoms with E-state index in [1.54, 1.807) is 0 Å². The fraction of sp³-hybridized carbons (Fsp3) is 0.269. The Hall–Kier alpha value is -3.36. The van der Waals surface area contributed by atoms with Crippen LogP contribution in [-0.2, 0) is 10.9 Å². The summed E-state index contributed by atoms with van der Waals surface area (Å²) in [5, 5.41) is 22.9. The van der Waals surface area contributed by atoms with E-state index >= 15 is 0 Å². The average Bonchev–Trinajstić information content (AvgIpc) is 3.15. The Morgan fingerprint density at radius 1 is 0.941 bits per heavy atom. The topological polar surface area (TPSA) is 78.8 Å². The molecule has 8 heteroatoms. The molecule has 0 aliphatic heterocycles. The van der Waals surface area contributed by atoms with Crippen LogP contribution >= 0.6 is 0 Å². The summed E-state index contributed by atoms with van der Waals surface area (Å²) >= 11 is 0. The third-order valence-corrected chi connectivity index (χ3v) is 5.97. The molecule has 4 rings (SSSR count). The predicted octanol–water partition coefficient (Wildman–Crippen LogP) is 5.03. The fourth-order valence-corrected chi connectivity index (χ4v) is 4.25. The van der Waals surface area contributed by atoms with Crippen LogP contribution in [0.15, 0.2) is 72.8 Å². The molecule has 0 bridgehead atoms. The van der Waals surface area contributed by atoms with Gasteiger partial charge in [0.25, 0.3) is 0 Å². The molecule has 3 aromatic carbocycles. The first-order chi connectivity index (χ1) is 16.3. The second-order valence-corrected chi connectivity index (χ2v) is 8.18. The lowest BCUT2D eigenvalue weighted by Gasteiger charge is -2.20. The van der Waals surface area contributed by atoms with Crippen molar-refractivity contribution in [3.8, 4) is 11.1 Å². The highest BCUT2D eigenvalue weighted by atomic mass is 19.4. The van der Waals surface area contributed by atoms with Crippen molar-refractivity contribution in [3.63, 3.8) is 0 Å². The molecule has 1 aliphatic rings. The van der Waals surface area contributed by atoms with Crippen molar-refractivity contribution in [2.75, 3.05) is 13.2 Å². The van der Waals surface area contributed by atoms with Crippen LogP contribution in [0, 0.1) is 0 Å². The lowest BCUT2D eigenvalue weighted by Crippen LogP contribution is -2.30. The molecular formula is C26H24F3NO4. The van der Waals surface area contributed by atoms with Crippen LogP contribution < -0.4 is 5.32 Å². The predicted molar refractivity (Wildman–Crippen MR) is 120 cm³/mol. The summed E-state index contributed by atoms with van der Waals surface area (Å²) in [5.74, 6) is -0.0912. The van der Waals surface area contributed by atoms with E-state index in [1.807, 2.05) is 48.5 Å². The maximum atomic E-state index is 12.9. The highest BCUT2D eigenvalue weighted by molar-refractivity contribution is 5.79. The summed E-state index contributed by atoms with van der Waals surface area (Å²) in [4.78, 5) is 12.2. The van der Waals surface area contributed by atoms with Gasteiger partial charge in [0.05, 0.1) is 11.7 Å². The van der Waals surface area contributed by atoms with Gasteiger partial charge in [0.2, 0.25) is 0 Å². The normalized spacial score (nSPS) is 14.7. The van der Waals surface area contributed by atoms with Crippen molar-refractivity contribution < 1.29 is 32.9 Å². The standard InChI is InChI=1S/C26H24F3NO4/c27-26(28,29)17-7-5-6-16(14-17)24(32)23(31)12-13-30-25(33)34-15-22-20-10-3-1-8-18(20)19-9-2-4-11-21(19)22/h1-11,14,22-24,31-32H,12-13,15H2,(H,30,33). The number of hydrogen-bond donors (Lipinski definition) is 3. The van der Waals surface area contributed by atoms with Gasteiger partial charge in [0.15, 0.2) is 0 Å². The number of alkyl carbamates (subject to hydrolysis) is 1. The van der Waals surface area contributed by atoms with Gasteiger partial charge in [0.1, 0.15) is 12.7 Å². The molecule has 1 amide bonds. The summed E-state index contributed by atoms with van der Waals surface area (Å²) in [6.45, 7) is 0.114. The monoisotopic (exact) mass is 471 g/mol. The summed E-state index contributed by atoms with van der Waals surface area (Å²) in [5.41, 5.74) is 3.42. The Morgan fingerprint density at radius 2 is 1.56 bits per heavy atom. The Balaban J connectivity index is 1.28. The minimum Gasteiger partial charge on any atom is -0.449 e. The van der Waals surface area contributed by atoms with Crippen molar-refractivity contribution >= 4 is 6.09 Å². The maximum absolute atomic E-state index is 12.9. The van der Waals surface area contributed by atoms with Crippen molar-refractivity contribution in [1.29, 1.82) is 0 Å². The van der Waals surface area contributed by atoms with E-state index in [1.165, 1.54) is 12.1 Å². The van der Waals surface area contributed by atoms with Crippen LogP contribution in [0.1, 0.15) is 40.7 Å². The molecule has 2 atom stereocenters. The SMILES string of the molecule is O=C(NCCC(O)C(O)c1cccc(C(F)(F)F)c1)OCC1c2ccccc2-c2ccccc21. The lowest BCUT2D eigenvalue weighted by atomic mass is 9.98. The number of carbonyl (C=O) groups excluding carboxylic acids is 1. The first kappa shape index (κ1) is 23.8. The highest BCUT2D eigenvalue weighted by Crippen LogP contribution is 2.44. The van der Waals surface area contributed by atoms with Gasteiger partial charge in [-0.3, -0.25) is 0 Å². The molecule has 178 valence electrons. The Bertz CT molecular complexity index is 1120. The molecule has 5 nitrogen and oxygen atoms in total. The van der Waals surface area contributed by atoms with Gasteiger partial charge >= 0.3 is 12.3 Å². The number of ether oxygens (including phenoxy) is 1. The van der Waals surface area contributed by atoms with Crippen LogP contribution in [-0.4, -0.2) is 35.6 Å². The van der Waals surface area contributed by atoms with Crippen LogP contribution in [0.4, 0.5) is 18.0 Å². The van der Waals surface area contributed by atoms with E-state index in [4.69, 9.17) is 4.74 Å². The second kappa shape index (κ2) is 9.87. The Labute approximate surface area is 194 Å². The molecule has 0 radical (unpaired) electrons. The van der Waals surface area contributed by atoms with E-state index in [-0.39, 0.29) is 31.1 Å². The highest BCUT2D eigenvalue weighted by Gasteiger charge is 2.32. The number of aliphatic hydroxyl groups is 2. The summed E-state index contributed by atoms with van der Waals surface area (Å²) in [6.07, 6.45) is -8.18. The zero-order valence-corrected chi connectivity index (χ0v) is 18.1. The van der Waals surface area contributed by atoms with E-state index in [9.17, 15) is 28.2 Å². The van der Waals surface area contributed by atoms with Gasteiger partial charge in [-0.25, -0.2) is 4.79 Å². The second-order valence-electron chi connectivity index (χ2n) is 8.18. The molecule has 0 spiro atoms. The quantitative estimate of drug-likeness (QED) is 0.452. The number of fused-ring (bicyclic) bond motifs is 3. The molecular weight excluding hydrogens is 447 g/mol. The number of benzene rings is 3. The number of halogens is 3. The van der Waals surface area contributed by atoms with Crippen molar-refractivity contribution in [3.05, 3.63) is 95.1 Å². The van der Waals surface area contributed by atoms with Gasteiger partial charge in [-0.1, -0.05) is 60.7 Å². The molecule has 0 saturated heterocycles. The third-order valence-electron chi connectivity index (χ3n) is 5.97. The minimum atomic E-state index is -4.55. The molecule has 3 aromatic rings. The lowest BCUT2D eigenvalue weighted by molar-refractivity contribution is -0.137. The van der Waals surface area contributed by atoms with E-state index in [0.717, 1.165) is 34.4 Å². The van der Waals surface area contributed by atoms with E-state index < -0.39 is 30.0 Å². The third kappa shape index (κ3) is 5.08. The van der Waals surface area contributed by atoms with Gasteiger partial charge in [-0.15, -0.1) is 0 Å². The number of nitrogens with one attached hydrogen (secondary N) is 1. The molecule has 2 unspecified atom stereocenters. The minimum absolute atomic E-state index is 0.0200. The number of rotatable bonds is 7. The molecule has 0 saturated carbocycles. The zero-order chi connectivity index (χ0) is 24.3. The van der Waals surface area contributed by atoms with Crippen molar-refractivity contribution in [1.82, 2.24) is 5.32 Å². The van der Waals surface area contributed by atoms with Gasteiger partial charge in [0, 0.05) is 12.5 Å². The maximum Gasteiger partial charge on any atom is 0.416 e. The van der Waals surface area contributed by atoms with Crippen molar-refractivity contribution in [2.24, 2.45) is 0 Å². The van der Waals surface area contributed by atoms with Crippen LogP contribution in [0.5, 0.6) is 0 Å². The van der Waals surface area contributed by atoms with Gasteiger partial charge in [-0.05, 0) is 46.4 Å². The number of alkyl halides is 3. The zero-order valence-electron chi connectivity index (χ0n) is 18.1. The van der Waals surface area contributed by atoms with Crippen LogP contribution in [0.2, 0.25) is 0 Å². The fourth-order valence-electron chi connectivity index (χ4n) is 4.25. The smallest absolute Gasteiger partial charge is 0.416 e. The van der Waals surface area contributed by atoms with Crippen molar-refractivity contribution in [2.45, 2.75) is 30.7 Å². The summed E-state index contributed by atoms with van der Waals surface area (Å²) in [6, 6.07) is 20.1. The largest absolute Gasteiger partial charge is 0.449 e. The first-order valence-electron chi connectivity index (χ1n) is 10.9. The van der Waals surface area contributed by atoms with Crippen LogP contribution in [0.25, 0.3) is 11.1 Å². The average molecular weight is 471 g/mol. The first-order valence-corrected chi connectivity index (χ1v) is 10.9. The number of carbonyl (C=O) groups is 1. The number of hydrogen-bond acceptors (Lipinski definition) is 4. The summed E-state index contributed by atoms with van der Waals surface area (Å²) in [7, 11) is 0. The number of amides is 1. The molecule has 3 N–H and O–H groups in total. The van der Waals surface area contributed by atoms with Gasteiger partial charge in [-0.2, -0.15) is 13.2 Å². The van der Waals surface area contributed by atoms with E-state index in [0.29, 0.717) is 0 Å². The molecule has 34 heavy (non-hydrogen) atoms. The molecule has 0 heterocycles. The molecule has 1 aliphatic carbocycles. The number of aliphatic hydroxyl groups excluding tert-OH is 2. The summed E-state index contributed by atoms with van der Waals surface area (Å²) < 4.78 is 44.0. The van der Waals surface area contributed by atoms with Crippen LogP contribution in [0.3, 0.4) is 0 Å². The van der Waals surface area contributed by atoms with E-state index in [2.05, 4.69) is 5.32 Å². The molecule has 0 fully saturated rings. The Morgan fingerprint density at radius 3 is 2.18 bits per heavy atom. The Kier molecular flexibility index (Phi) is 6.90. The molecule has 0 aromatic heterocycles.